The fraction of sp³-hybridized carbons (Fsp3) is 0.375. The molecular weight excluding hydrogens is 364 g/mol. The largest absolute Gasteiger partial charge is 0.480 e. The monoisotopic (exact) mass is 380 g/mol. The Kier molecular flexibility index (Phi) is 6.16. The van der Waals surface area contributed by atoms with E-state index in [0.29, 0.717) is 24.5 Å². The number of terminal acetylenes is 1. The van der Waals surface area contributed by atoms with E-state index in [-0.39, 0.29) is 18.9 Å². The molecule has 0 atom stereocenters. The number of hydrazone groups is 1. The average molecular weight is 381 g/mol. The summed E-state index contributed by atoms with van der Waals surface area (Å²) >= 11 is 3.37. The molecule has 7 heteroatoms. The summed E-state index contributed by atoms with van der Waals surface area (Å²) in [6.45, 7) is 2.85. The summed E-state index contributed by atoms with van der Waals surface area (Å²) in [6.07, 6.45) is 6.75. The van der Waals surface area contributed by atoms with Gasteiger partial charge in [0.25, 0.3) is 0 Å². The molecule has 2 rings (SSSR count). The Morgan fingerprint density at radius 1 is 1.57 bits per heavy atom. The van der Waals surface area contributed by atoms with Gasteiger partial charge in [-0.05, 0) is 25.1 Å². The first-order valence-electron chi connectivity index (χ1n) is 6.98. The van der Waals surface area contributed by atoms with Crippen LogP contribution in [0.3, 0.4) is 0 Å². The van der Waals surface area contributed by atoms with E-state index in [9.17, 15) is 4.79 Å². The van der Waals surface area contributed by atoms with Crippen molar-refractivity contribution in [2.24, 2.45) is 5.10 Å². The minimum Gasteiger partial charge on any atom is -0.480 e. The van der Waals surface area contributed by atoms with Crippen LogP contribution >= 0.6 is 15.9 Å². The maximum atomic E-state index is 11.9. The van der Waals surface area contributed by atoms with Gasteiger partial charge in [-0.2, -0.15) is 5.10 Å². The normalized spacial score (nSPS) is 16.2. The molecule has 1 saturated heterocycles. The maximum Gasteiger partial charge on any atom is 0.245 e. The second kappa shape index (κ2) is 8.11. The Balaban J connectivity index is 1.95. The van der Waals surface area contributed by atoms with Crippen LogP contribution in [0.1, 0.15) is 18.9 Å². The summed E-state index contributed by atoms with van der Waals surface area (Å²) in [5, 5.41) is 3.94. The first kappa shape index (κ1) is 17.5. The van der Waals surface area contributed by atoms with Crippen molar-refractivity contribution >= 4 is 28.1 Å². The number of hydrogen-bond acceptors (Lipinski definition) is 5. The van der Waals surface area contributed by atoms with E-state index >= 15 is 0 Å². The van der Waals surface area contributed by atoms with Crippen molar-refractivity contribution in [1.82, 2.24) is 5.43 Å². The van der Waals surface area contributed by atoms with E-state index in [0.717, 1.165) is 4.47 Å². The Morgan fingerprint density at radius 3 is 3.00 bits per heavy atom. The topological polar surface area (TPSA) is 69.2 Å². The molecule has 1 aliphatic heterocycles. The van der Waals surface area contributed by atoms with E-state index in [1.165, 1.54) is 6.21 Å². The lowest BCUT2D eigenvalue weighted by molar-refractivity contribution is -0.159. The zero-order chi connectivity index (χ0) is 16.7. The number of nitrogens with zero attached hydrogens (tertiary/aromatic N) is 1. The molecule has 6 nitrogen and oxygen atoms in total. The molecule has 122 valence electrons. The molecule has 1 fully saturated rings. The van der Waals surface area contributed by atoms with Gasteiger partial charge >= 0.3 is 0 Å². The third-order valence-electron chi connectivity index (χ3n) is 3.06. The summed E-state index contributed by atoms with van der Waals surface area (Å²) in [5.74, 6) is 1.81. The van der Waals surface area contributed by atoms with E-state index < -0.39 is 5.79 Å². The number of benzene rings is 1. The van der Waals surface area contributed by atoms with Gasteiger partial charge in [0.2, 0.25) is 5.91 Å². The Labute approximate surface area is 143 Å². The Hall–Kier alpha value is -1.88. The number of amides is 1. The molecular formula is C16H17BrN2O4. The molecule has 0 aliphatic carbocycles. The van der Waals surface area contributed by atoms with Gasteiger partial charge < -0.3 is 14.2 Å². The van der Waals surface area contributed by atoms with Crippen LogP contribution in [0.25, 0.3) is 0 Å². The molecule has 0 saturated carbocycles. The quantitative estimate of drug-likeness (QED) is 0.465. The lowest BCUT2D eigenvalue weighted by Gasteiger charge is -2.20. The van der Waals surface area contributed by atoms with E-state index in [1.54, 1.807) is 13.0 Å². The van der Waals surface area contributed by atoms with Crippen LogP contribution in [-0.2, 0) is 14.3 Å². The number of carbonyl (C=O) groups excluding carboxylic acids is 1. The second-order valence-corrected chi connectivity index (χ2v) is 5.89. The molecule has 1 aromatic rings. The maximum absolute atomic E-state index is 11.9. The number of halogens is 1. The van der Waals surface area contributed by atoms with E-state index in [4.69, 9.17) is 20.6 Å². The number of carbonyl (C=O) groups is 1. The van der Waals surface area contributed by atoms with Crippen molar-refractivity contribution in [2.45, 2.75) is 19.1 Å². The van der Waals surface area contributed by atoms with Crippen LogP contribution in [0.5, 0.6) is 5.75 Å². The first-order chi connectivity index (χ1) is 11.0. The van der Waals surface area contributed by atoms with Crippen LogP contribution in [-0.4, -0.2) is 37.7 Å². The third-order valence-corrected chi connectivity index (χ3v) is 3.55. The number of hydrogen-bond donors (Lipinski definition) is 1. The molecule has 1 amide bonds. The number of nitrogens with one attached hydrogen (secondary N) is 1. The predicted octanol–water partition coefficient (Wildman–Crippen LogP) is 2.06. The third kappa shape index (κ3) is 5.36. The SMILES string of the molecule is C#CCOc1ccc(Br)cc1/C=N\NC(=O)CC1(C)OCCO1. The minimum atomic E-state index is -0.879. The summed E-state index contributed by atoms with van der Waals surface area (Å²) in [4.78, 5) is 11.9. The lowest BCUT2D eigenvalue weighted by Crippen LogP contribution is -2.33. The van der Waals surface area contributed by atoms with Crippen molar-refractivity contribution in [3.63, 3.8) is 0 Å². The van der Waals surface area contributed by atoms with Crippen LogP contribution in [0.4, 0.5) is 0 Å². The van der Waals surface area contributed by atoms with Crippen molar-refractivity contribution in [2.75, 3.05) is 19.8 Å². The number of ether oxygens (including phenoxy) is 3. The van der Waals surface area contributed by atoms with Crippen molar-refractivity contribution in [1.29, 1.82) is 0 Å². The van der Waals surface area contributed by atoms with Crippen LogP contribution in [0.2, 0.25) is 0 Å². The molecule has 0 radical (unpaired) electrons. The molecule has 23 heavy (non-hydrogen) atoms. The Morgan fingerprint density at radius 2 is 2.30 bits per heavy atom. The Bertz CT molecular complexity index is 633. The van der Waals surface area contributed by atoms with Gasteiger partial charge in [0.05, 0.1) is 25.8 Å². The highest BCUT2D eigenvalue weighted by molar-refractivity contribution is 9.10. The fourth-order valence-corrected chi connectivity index (χ4v) is 2.41. The summed E-state index contributed by atoms with van der Waals surface area (Å²) in [6, 6.07) is 5.41. The van der Waals surface area contributed by atoms with Gasteiger partial charge in [-0.3, -0.25) is 4.79 Å². The van der Waals surface area contributed by atoms with Crippen LogP contribution in [0.15, 0.2) is 27.8 Å². The smallest absolute Gasteiger partial charge is 0.245 e. The highest BCUT2D eigenvalue weighted by Gasteiger charge is 2.33. The van der Waals surface area contributed by atoms with Gasteiger partial charge in [0.1, 0.15) is 12.4 Å². The van der Waals surface area contributed by atoms with E-state index in [1.807, 2.05) is 12.1 Å². The molecule has 1 aromatic carbocycles. The van der Waals surface area contributed by atoms with Crippen molar-refractivity contribution in [3.05, 3.63) is 28.2 Å². The van der Waals surface area contributed by atoms with Crippen molar-refractivity contribution in [3.8, 4) is 18.1 Å². The summed E-state index contributed by atoms with van der Waals surface area (Å²) in [7, 11) is 0. The van der Waals surface area contributed by atoms with Gasteiger partial charge in [0, 0.05) is 10.0 Å². The highest BCUT2D eigenvalue weighted by Crippen LogP contribution is 2.23. The molecule has 1 heterocycles. The second-order valence-electron chi connectivity index (χ2n) is 4.98. The molecule has 0 unspecified atom stereocenters. The van der Waals surface area contributed by atoms with Crippen LogP contribution in [0, 0.1) is 12.3 Å². The van der Waals surface area contributed by atoms with Gasteiger partial charge in [0.15, 0.2) is 5.79 Å². The molecule has 1 N–H and O–H groups in total. The van der Waals surface area contributed by atoms with Crippen LogP contribution < -0.4 is 10.2 Å². The highest BCUT2D eigenvalue weighted by atomic mass is 79.9. The van der Waals surface area contributed by atoms with Gasteiger partial charge in [-0.1, -0.05) is 21.9 Å². The molecule has 0 aromatic heterocycles. The van der Waals surface area contributed by atoms with Crippen molar-refractivity contribution < 1.29 is 19.0 Å². The number of rotatable bonds is 6. The minimum absolute atomic E-state index is 0.0727. The molecule has 0 bridgehead atoms. The summed E-state index contributed by atoms with van der Waals surface area (Å²) < 4.78 is 17.0. The lowest BCUT2D eigenvalue weighted by atomic mass is 10.2. The van der Waals surface area contributed by atoms with E-state index in [2.05, 4.69) is 32.4 Å². The zero-order valence-corrected chi connectivity index (χ0v) is 14.3. The molecule has 0 spiro atoms. The predicted molar refractivity (Wildman–Crippen MR) is 89.1 cm³/mol. The standard InChI is InChI=1S/C16H17BrN2O4/c1-3-6-21-14-5-4-13(17)9-12(14)11-18-19-15(20)10-16(2)22-7-8-23-16/h1,4-5,9,11H,6-8,10H2,2H3,(H,19,20)/b18-11-. The zero-order valence-electron chi connectivity index (χ0n) is 12.7. The first-order valence-corrected chi connectivity index (χ1v) is 7.77. The van der Waals surface area contributed by atoms with Gasteiger partial charge in [-0.15, -0.1) is 6.42 Å². The molecule has 1 aliphatic rings. The fourth-order valence-electron chi connectivity index (χ4n) is 2.03. The van der Waals surface area contributed by atoms with Gasteiger partial charge in [-0.25, -0.2) is 5.43 Å². The summed E-state index contributed by atoms with van der Waals surface area (Å²) in [5.41, 5.74) is 3.13. The average Bonchev–Trinajstić information content (AvgIpc) is 2.92.